The predicted octanol–water partition coefficient (Wildman–Crippen LogP) is 0.785. The highest BCUT2D eigenvalue weighted by atomic mass is 32.2. The molecule has 0 bridgehead atoms. The van der Waals surface area contributed by atoms with Crippen LogP contribution in [0.5, 0.6) is 0 Å². The molecule has 0 unspecified atom stereocenters. The summed E-state index contributed by atoms with van der Waals surface area (Å²) < 4.78 is 32.4. The van der Waals surface area contributed by atoms with Gasteiger partial charge in [-0.25, -0.2) is 13.4 Å². The number of hydrogen-bond donors (Lipinski definition) is 0. The van der Waals surface area contributed by atoms with Crippen LogP contribution < -0.4 is 0 Å². The molecule has 0 N–H and O–H groups in total. The van der Waals surface area contributed by atoms with Gasteiger partial charge in [0.1, 0.15) is 5.82 Å². The number of aryl methyl sites for hydroxylation is 2. The summed E-state index contributed by atoms with van der Waals surface area (Å²) in [5.41, 5.74) is 0. The summed E-state index contributed by atoms with van der Waals surface area (Å²) in [5.74, 6) is 0.212. The molecule has 0 aliphatic carbocycles. The van der Waals surface area contributed by atoms with Gasteiger partial charge in [0.25, 0.3) is 10.0 Å². The van der Waals surface area contributed by atoms with E-state index in [1.807, 2.05) is 6.92 Å². The third kappa shape index (κ3) is 3.57. The van der Waals surface area contributed by atoms with E-state index in [-0.39, 0.29) is 24.5 Å². The number of carbonyl (C=O) groups is 1. The standard InChI is InChI=1S/C12H21N3O4S/c1-5-14-9-11(13-10(14)3)20(17,18)15(6-2)8-7-12(16)19-4/h9H,5-8H2,1-4H3. The zero-order chi connectivity index (χ0) is 15.3. The lowest BCUT2D eigenvalue weighted by molar-refractivity contribution is -0.140. The van der Waals surface area contributed by atoms with Gasteiger partial charge in [-0.3, -0.25) is 4.79 Å². The first-order valence-corrected chi connectivity index (χ1v) is 7.91. The van der Waals surface area contributed by atoms with Gasteiger partial charge in [0.15, 0.2) is 5.03 Å². The van der Waals surface area contributed by atoms with E-state index in [0.717, 1.165) is 0 Å². The Hall–Kier alpha value is -1.41. The monoisotopic (exact) mass is 303 g/mol. The molecule has 8 heteroatoms. The summed E-state index contributed by atoms with van der Waals surface area (Å²) in [6, 6.07) is 0. The molecule has 7 nitrogen and oxygen atoms in total. The molecule has 20 heavy (non-hydrogen) atoms. The topological polar surface area (TPSA) is 81.5 Å². The number of carbonyl (C=O) groups excluding carboxylic acids is 1. The van der Waals surface area contributed by atoms with Crippen LogP contribution in [0.1, 0.15) is 26.1 Å². The number of methoxy groups -OCH3 is 1. The van der Waals surface area contributed by atoms with Crippen LogP contribution in [0.15, 0.2) is 11.2 Å². The highest BCUT2D eigenvalue weighted by molar-refractivity contribution is 7.89. The zero-order valence-electron chi connectivity index (χ0n) is 12.3. The Morgan fingerprint density at radius 2 is 2.10 bits per heavy atom. The van der Waals surface area contributed by atoms with Crippen molar-refractivity contribution < 1.29 is 17.9 Å². The van der Waals surface area contributed by atoms with Gasteiger partial charge < -0.3 is 9.30 Å². The molecular weight excluding hydrogens is 282 g/mol. The van der Waals surface area contributed by atoms with Gasteiger partial charge >= 0.3 is 5.97 Å². The lowest BCUT2D eigenvalue weighted by atomic mass is 10.4. The van der Waals surface area contributed by atoms with Crippen molar-refractivity contribution >= 4 is 16.0 Å². The second-order valence-corrected chi connectivity index (χ2v) is 6.12. The number of sulfonamides is 1. The SMILES string of the molecule is CCN(CCC(=O)OC)S(=O)(=O)c1cn(CC)c(C)n1. The van der Waals surface area contributed by atoms with E-state index in [0.29, 0.717) is 12.4 Å². The van der Waals surface area contributed by atoms with Crippen molar-refractivity contribution in [2.24, 2.45) is 0 Å². The summed E-state index contributed by atoms with van der Waals surface area (Å²) >= 11 is 0. The van der Waals surface area contributed by atoms with Crippen LogP contribution in [0.4, 0.5) is 0 Å². The van der Waals surface area contributed by atoms with E-state index in [9.17, 15) is 13.2 Å². The molecule has 0 saturated carbocycles. The molecule has 1 rings (SSSR count). The summed E-state index contributed by atoms with van der Waals surface area (Å²) in [7, 11) is -2.40. The first kappa shape index (κ1) is 16.6. The molecular formula is C12H21N3O4S. The fourth-order valence-corrected chi connectivity index (χ4v) is 3.27. The maximum absolute atomic E-state index is 12.4. The molecule has 114 valence electrons. The Labute approximate surface area is 119 Å². The predicted molar refractivity (Wildman–Crippen MR) is 73.7 cm³/mol. The van der Waals surface area contributed by atoms with Gasteiger partial charge in [-0.1, -0.05) is 6.92 Å². The Balaban J connectivity index is 2.96. The third-order valence-corrected chi connectivity index (χ3v) is 4.89. The normalized spacial score (nSPS) is 11.8. The number of rotatable bonds is 7. The molecule has 0 aromatic carbocycles. The smallest absolute Gasteiger partial charge is 0.306 e. The van der Waals surface area contributed by atoms with Gasteiger partial charge in [0.2, 0.25) is 0 Å². The fraction of sp³-hybridized carbons (Fsp3) is 0.667. The van der Waals surface area contributed by atoms with E-state index in [1.165, 1.54) is 17.6 Å². The largest absolute Gasteiger partial charge is 0.469 e. The third-order valence-electron chi connectivity index (χ3n) is 3.04. The van der Waals surface area contributed by atoms with Crippen molar-refractivity contribution in [3.8, 4) is 0 Å². The number of hydrogen-bond acceptors (Lipinski definition) is 5. The molecule has 0 fully saturated rings. The van der Waals surface area contributed by atoms with Gasteiger partial charge in [0.05, 0.1) is 13.5 Å². The van der Waals surface area contributed by atoms with Crippen LogP contribution in [0, 0.1) is 6.92 Å². The molecule has 0 aliphatic heterocycles. The molecule has 1 aromatic heterocycles. The summed E-state index contributed by atoms with van der Waals surface area (Å²) in [6.45, 7) is 6.41. The van der Waals surface area contributed by atoms with E-state index < -0.39 is 16.0 Å². The molecule has 0 radical (unpaired) electrons. The van der Waals surface area contributed by atoms with E-state index in [4.69, 9.17) is 0 Å². The maximum Gasteiger partial charge on any atom is 0.306 e. The molecule has 1 aromatic rings. The highest BCUT2D eigenvalue weighted by Gasteiger charge is 2.26. The van der Waals surface area contributed by atoms with Crippen LogP contribution in [0.3, 0.4) is 0 Å². The van der Waals surface area contributed by atoms with Crippen molar-refractivity contribution in [2.75, 3.05) is 20.2 Å². The lowest BCUT2D eigenvalue weighted by Gasteiger charge is -2.18. The quantitative estimate of drug-likeness (QED) is 0.695. The molecule has 0 amide bonds. The van der Waals surface area contributed by atoms with Crippen LogP contribution in [-0.2, 0) is 26.1 Å². The minimum atomic E-state index is -3.67. The van der Waals surface area contributed by atoms with Crippen molar-refractivity contribution in [3.05, 3.63) is 12.0 Å². The molecule has 1 heterocycles. The number of ether oxygens (including phenoxy) is 1. The first-order chi connectivity index (χ1) is 9.36. The maximum atomic E-state index is 12.4. The molecule has 0 atom stereocenters. The Bertz CT molecular complexity index is 565. The second kappa shape index (κ2) is 6.85. The summed E-state index contributed by atoms with van der Waals surface area (Å²) in [4.78, 5) is 15.2. The van der Waals surface area contributed by atoms with Gasteiger partial charge in [0, 0.05) is 25.8 Å². The first-order valence-electron chi connectivity index (χ1n) is 6.47. The lowest BCUT2D eigenvalue weighted by Crippen LogP contribution is -2.33. The Morgan fingerprint density at radius 3 is 2.55 bits per heavy atom. The minimum Gasteiger partial charge on any atom is -0.469 e. The fourth-order valence-electron chi connectivity index (χ4n) is 1.82. The second-order valence-electron chi connectivity index (χ2n) is 4.24. The van der Waals surface area contributed by atoms with Crippen molar-refractivity contribution in [2.45, 2.75) is 38.8 Å². The van der Waals surface area contributed by atoms with Gasteiger partial charge in [-0.2, -0.15) is 4.31 Å². The molecule has 0 aliphatic rings. The van der Waals surface area contributed by atoms with Crippen molar-refractivity contribution in [1.29, 1.82) is 0 Å². The summed E-state index contributed by atoms with van der Waals surface area (Å²) in [6.07, 6.45) is 1.54. The summed E-state index contributed by atoms with van der Waals surface area (Å²) in [5, 5.41) is 0.0172. The van der Waals surface area contributed by atoms with E-state index >= 15 is 0 Å². The van der Waals surface area contributed by atoms with Crippen molar-refractivity contribution in [1.82, 2.24) is 13.9 Å². The van der Waals surface area contributed by atoms with Crippen LogP contribution in [0.2, 0.25) is 0 Å². The minimum absolute atomic E-state index is 0.0172. The van der Waals surface area contributed by atoms with Crippen LogP contribution >= 0.6 is 0 Å². The number of imidazole rings is 1. The Morgan fingerprint density at radius 1 is 1.45 bits per heavy atom. The number of aromatic nitrogens is 2. The van der Waals surface area contributed by atoms with Crippen LogP contribution in [0.25, 0.3) is 0 Å². The van der Waals surface area contributed by atoms with Gasteiger partial charge in [-0.05, 0) is 13.8 Å². The van der Waals surface area contributed by atoms with Crippen LogP contribution in [-0.4, -0.2) is 48.4 Å². The average molecular weight is 303 g/mol. The molecule has 0 spiro atoms. The average Bonchev–Trinajstić information content (AvgIpc) is 2.80. The van der Waals surface area contributed by atoms with Gasteiger partial charge in [-0.15, -0.1) is 0 Å². The molecule has 0 saturated heterocycles. The number of esters is 1. The zero-order valence-corrected chi connectivity index (χ0v) is 13.1. The van der Waals surface area contributed by atoms with E-state index in [2.05, 4.69) is 9.72 Å². The number of nitrogens with zero attached hydrogens (tertiary/aromatic N) is 3. The highest BCUT2D eigenvalue weighted by Crippen LogP contribution is 2.15. The van der Waals surface area contributed by atoms with E-state index in [1.54, 1.807) is 18.4 Å². The Kier molecular flexibility index (Phi) is 5.70. The van der Waals surface area contributed by atoms with Crippen molar-refractivity contribution in [3.63, 3.8) is 0 Å².